The van der Waals surface area contributed by atoms with Gasteiger partial charge in [-0.2, -0.15) is 0 Å². The lowest BCUT2D eigenvalue weighted by Gasteiger charge is -2.37. The van der Waals surface area contributed by atoms with Gasteiger partial charge in [-0.15, -0.1) is 0 Å². The zero-order valence-electron chi connectivity index (χ0n) is 21.9. The molecule has 2 aliphatic heterocycles. The summed E-state index contributed by atoms with van der Waals surface area (Å²) in [6.45, 7) is 10.6. The highest BCUT2D eigenvalue weighted by molar-refractivity contribution is 5.70. The standard InChI is InChI=1S/C29H38N2O5/c1-21-24-11-8-12-26(25(24)15-18-31(21)28(33)36-29(2,3)4)34-19-23-13-16-30(17-14-23)27(32)35-20-22-9-6-5-7-10-22/h5-12,21,23H,13-20H2,1-4H3. The van der Waals surface area contributed by atoms with Crippen molar-refractivity contribution in [2.45, 2.75) is 65.2 Å². The first-order valence-corrected chi connectivity index (χ1v) is 12.9. The number of rotatable bonds is 5. The fourth-order valence-electron chi connectivity index (χ4n) is 4.84. The van der Waals surface area contributed by atoms with Gasteiger partial charge in [-0.1, -0.05) is 42.5 Å². The van der Waals surface area contributed by atoms with Gasteiger partial charge in [0.1, 0.15) is 18.0 Å². The molecular weight excluding hydrogens is 456 g/mol. The molecule has 2 aromatic carbocycles. The maximum atomic E-state index is 12.7. The molecule has 7 heteroatoms. The van der Waals surface area contributed by atoms with E-state index in [2.05, 4.69) is 6.07 Å². The van der Waals surface area contributed by atoms with Gasteiger partial charge in [-0.3, -0.25) is 0 Å². The minimum absolute atomic E-state index is 0.0720. The Balaban J connectivity index is 1.27. The molecule has 2 heterocycles. The van der Waals surface area contributed by atoms with E-state index < -0.39 is 5.60 Å². The van der Waals surface area contributed by atoms with Gasteiger partial charge in [0.05, 0.1) is 12.6 Å². The maximum absolute atomic E-state index is 12.7. The first-order valence-electron chi connectivity index (χ1n) is 12.9. The second-order valence-corrected chi connectivity index (χ2v) is 10.7. The Morgan fingerprint density at radius 2 is 1.67 bits per heavy atom. The Bertz CT molecular complexity index is 1040. The largest absolute Gasteiger partial charge is 0.493 e. The molecule has 2 aliphatic rings. The molecule has 0 bridgehead atoms. The van der Waals surface area contributed by atoms with E-state index in [1.54, 1.807) is 9.80 Å². The summed E-state index contributed by atoms with van der Waals surface area (Å²) in [7, 11) is 0. The number of carbonyl (C=O) groups excluding carboxylic acids is 2. The van der Waals surface area contributed by atoms with Crippen LogP contribution in [0.2, 0.25) is 0 Å². The minimum Gasteiger partial charge on any atom is -0.493 e. The molecule has 0 spiro atoms. The third kappa shape index (κ3) is 6.50. The summed E-state index contributed by atoms with van der Waals surface area (Å²) in [5, 5.41) is 0. The quantitative estimate of drug-likeness (QED) is 0.512. The lowest BCUT2D eigenvalue weighted by atomic mass is 9.93. The van der Waals surface area contributed by atoms with Gasteiger partial charge >= 0.3 is 12.2 Å². The van der Waals surface area contributed by atoms with Crippen LogP contribution in [0.1, 0.15) is 63.3 Å². The molecule has 0 N–H and O–H groups in total. The fraction of sp³-hybridized carbons (Fsp3) is 0.517. The van der Waals surface area contributed by atoms with Crippen molar-refractivity contribution >= 4 is 12.2 Å². The van der Waals surface area contributed by atoms with Gasteiger partial charge in [-0.25, -0.2) is 9.59 Å². The van der Waals surface area contributed by atoms with E-state index >= 15 is 0 Å². The third-order valence-corrected chi connectivity index (χ3v) is 6.87. The summed E-state index contributed by atoms with van der Waals surface area (Å²) in [6, 6.07) is 15.7. The van der Waals surface area contributed by atoms with E-state index in [4.69, 9.17) is 14.2 Å². The molecule has 2 aromatic rings. The van der Waals surface area contributed by atoms with Crippen LogP contribution in [0.15, 0.2) is 48.5 Å². The molecule has 0 aromatic heterocycles. The summed E-state index contributed by atoms with van der Waals surface area (Å²) in [6.07, 6.45) is 1.98. The molecular formula is C29H38N2O5. The van der Waals surface area contributed by atoms with E-state index in [0.717, 1.165) is 36.1 Å². The number of carbonyl (C=O) groups is 2. The van der Waals surface area contributed by atoms with Crippen LogP contribution >= 0.6 is 0 Å². The van der Waals surface area contributed by atoms with E-state index in [0.29, 0.717) is 38.8 Å². The van der Waals surface area contributed by atoms with Crippen molar-refractivity contribution in [3.63, 3.8) is 0 Å². The van der Waals surface area contributed by atoms with Crippen LogP contribution in [-0.2, 0) is 22.5 Å². The van der Waals surface area contributed by atoms with Crippen molar-refractivity contribution < 1.29 is 23.8 Å². The Labute approximate surface area is 214 Å². The highest BCUT2D eigenvalue weighted by atomic mass is 16.6. The Morgan fingerprint density at radius 1 is 0.944 bits per heavy atom. The summed E-state index contributed by atoms with van der Waals surface area (Å²) in [4.78, 5) is 28.7. The lowest BCUT2D eigenvalue weighted by molar-refractivity contribution is 0.0158. The molecule has 1 atom stereocenters. The number of ether oxygens (including phenoxy) is 3. The van der Waals surface area contributed by atoms with E-state index in [-0.39, 0.29) is 18.2 Å². The van der Waals surface area contributed by atoms with Crippen LogP contribution in [0.4, 0.5) is 9.59 Å². The molecule has 0 aliphatic carbocycles. The monoisotopic (exact) mass is 494 g/mol. The van der Waals surface area contributed by atoms with Crippen molar-refractivity contribution in [1.29, 1.82) is 0 Å². The molecule has 1 unspecified atom stereocenters. The minimum atomic E-state index is -0.518. The number of likely N-dealkylation sites (tertiary alicyclic amines) is 1. The summed E-state index contributed by atoms with van der Waals surface area (Å²) in [5.41, 5.74) is 2.76. The number of piperidine rings is 1. The Kier molecular flexibility index (Phi) is 8.07. The van der Waals surface area contributed by atoms with Gasteiger partial charge in [-0.05, 0) is 70.1 Å². The van der Waals surface area contributed by atoms with Gasteiger partial charge in [0.2, 0.25) is 0 Å². The number of fused-ring (bicyclic) bond motifs is 1. The second kappa shape index (κ2) is 11.2. The number of nitrogens with zero attached hydrogens (tertiary/aromatic N) is 2. The van der Waals surface area contributed by atoms with E-state index in [1.807, 2.05) is 70.2 Å². The van der Waals surface area contributed by atoms with Crippen LogP contribution in [-0.4, -0.2) is 53.8 Å². The topological polar surface area (TPSA) is 68.3 Å². The first-order chi connectivity index (χ1) is 17.2. The number of hydrogen-bond acceptors (Lipinski definition) is 5. The summed E-state index contributed by atoms with van der Waals surface area (Å²) in [5.74, 6) is 1.28. The van der Waals surface area contributed by atoms with Crippen LogP contribution < -0.4 is 4.74 Å². The predicted molar refractivity (Wildman–Crippen MR) is 138 cm³/mol. The van der Waals surface area contributed by atoms with Crippen LogP contribution in [0, 0.1) is 5.92 Å². The van der Waals surface area contributed by atoms with Gasteiger partial charge in [0.15, 0.2) is 0 Å². The van der Waals surface area contributed by atoms with Gasteiger partial charge in [0.25, 0.3) is 0 Å². The second-order valence-electron chi connectivity index (χ2n) is 10.7. The van der Waals surface area contributed by atoms with E-state index in [9.17, 15) is 9.59 Å². The van der Waals surface area contributed by atoms with E-state index in [1.165, 1.54) is 5.56 Å². The van der Waals surface area contributed by atoms with Gasteiger partial charge < -0.3 is 24.0 Å². The molecule has 194 valence electrons. The third-order valence-electron chi connectivity index (χ3n) is 6.87. The molecule has 36 heavy (non-hydrogen) atoms. The first kappa shape index (κ1) is 25.9. The molecule has 0 radical (unpaired) electrons. The Hall–Kier alpha value is -3.22. The van der Waals surface area contributed by atoms with Crippen molar-refractivity contribution in [3.8, 4) is 5.75 Å². The van der Waals surface area contributed by atoms with Crippen LogP contribution in [0.5, 0.6) is 5.75 Å². The smallest absolute Gasteiger partial charge is 0.410 e. The highest BCUT2D eigenvalue weighted by Gasteiger charge is 2.32. The van der Waals surface area contributed by atoms with Crippen molar-refractivity contribution in [2.75, 3.05) is 26.2 Å². The highest BCUT2D eigenvalue weighted by Crippen LogP contribution is 2.36. The average molecular weight is 495 g/mol. The van der Waals surface area contributed by atoms with Crippen molar-refractivity contribution in [1.82, 2.24) is 9.80 Å². The fourth-order valence-corrected chi connectivity index (χ4v) is 4.84. The Morgan fingerprint density at radius 3 is 2.36 bits per heavy atom. The summed E-state index contributed by atoms with van der Waals surface area (Å²) >= 11 is 0. The molecule has 4 rings (SSSR count). The van der Waals surface area contributed by atoms with Crippen molar-refractivity contribution in [2.24, 2.45) is 5.92 Å². The normalized spacial score (nSPS) is 18.4. The number of benzene rings is 2. The molecule has 1 saturated heterocycles. The maximum Gasteiger partial charge on any atom is 0.410 e. The van der Waals surface area contributed by atoms with Crippen molar-refractivity contribution in [3.05, 3.63) is 65.2 Å². The molecule has 0 saturated carbocycles. The molecule has 2 amide bonds. The molecule has 1 fully saturated rings. The number of hydrogen-bond donors (Lipinski definition) is 0. The summed E-state index contributed by atoms with van der Waals surface area (Å²) < 4.78 is 17.4. The lowest BCUT2D eigenvalue weighted by Crippen LogP contribution is -2.42. The van der Waals surface area contributed by atoms with Gasteiger partial charge in [0, 0.05) is 25.2 Å². The van der Waals surface area contributed by atoms with Crippen LogP contribution in [0.25, 0.3) is 0 Å². The zero-order valence-corrected chi connectivity index (χ0v) is 21.9. The average Bonchev–Trinajstić information content (AvgIpc) is 2.86. The predicted octanol–water partition coefficient (Wildman–Crippen LogP) is 5.97. The number of amides is 2. The van der Waals surface area contributed by atoms with Crippen LogP contribution in [0.3, 0.4) is 0 Å². The zero-order chi connectivity index (χ0) is 25.7. The molecule has 7 nitrogen and oxygen atoms in total. The SMILES string of the molecule is CC1c2cccc(OCC3CCN(C(=O)OCc4ccccc4)CC3)c2CCN1C(=O)OC(C)(C)C.